The van der Waals surface area contributed by atoms with Crippen LogP contribution in [0.1, 0.15) is 38.7 Å². The van der Waals surface area contributed by atoms with E-state index in [1.807, 2.05) is 30.3 Å². The number of ether oxygens (including phenoxy) is 1. The van der Waals surface area contributed by atoms with E-state index in [2.05, 4.69) is 19.2 Å². The first-order valence-corrected chi connectivity index (χ1v) is 7.44. The first-order chi connectivity index (χ1) is 10.0. The van der Waals surface area contributed by atoms with Crippen molar-refractivity contribution in [2.45, 2.75) is 45.6 Å². The number of methoxy groups -OCH3 is 1. The van der Waals surface area contributed by atoms with E-state index in [0.717, 1.165) is 18.4 Å². The summed E-state index contributed by atoms with van der Waals surface area (Å²) in [6.45, 7) is 4.26. The molecule has 0 aromatic heterocycles. The Morgan fingerprint density at radius 2 is 1.86 bits per heavy atom. The quantitative estimate of drug-likeness (QED) is 0.749. The number of esters is 1. The first kappa shape index (κ1) is 17.2. The summed E-state index contributed by atoms with van der Waals surface area (Å²) < 4.78 is 4.77. The third-order valence-electron chi connectivity index (χ3n) is 3.29. The molecule has 0 bridgehead atoms. The lowest BCUT2D eigenvalue weighted by Gasteiger charge is -2.16. The number of hydrogen-bond acceptors (Lipinski definition) is 3. The molecule has 0 saturated carbocycles. The van der Waals surface area contributed by atoms with E-state index in [1.165, 1.54) is 7.11 Å². The van der Waals surface area contributed by atoms with Gasteiger partial charge in [-0.1, -0.05) is 50.6 Å². The van der Waals surface area contributed by atoms with Crippen LogP contribution in [0.3, 0.4) is 0 Å². The highest BCUT2D eigenvalue weighted by Gasteiger charge is 2.21. The van der Waals surface area contributed by atoms with Crippen LogP contribution in [0.15, 0.2) is 30.3 Å². The van der Waals surface area contributed by atoms with E-state index >= 15 is 0 Å². The van der Waals surface area contributed by atoms with Gasteiger partial charge in [0.2, 0.25) is 5.91 Å². The van der Waals surface area contributed by atoms with Crippen LogP contribution in [0.4, 0.5) is 0 Å². The minimum atomic E-state index is -0.621. The Balaban J connectivity index is 2.54. The predicted octanol–water partition coefficient (Wildman–Crippen LogP) is 2.71. The lowest BCUT2D eigenvalue weighted by atomic mass is 10.0. The summed E-state index contributed by atoms with van der Waals surface area (Å²) in [4.78, 5) is 23.7. The van der Waals surface area contributed by atoms with Gasteiger partial charge in [0.15, 0.2) is 0 Å². The zero-order valence-corrected chi connectivity index (χ0v) is 13.1. The van der Waals surface area contributed by atoms with Gasteiger partial charge >= 0.3 is 5.97 Å². The van der Waals surface area contributed by atoms with Crippen LogP contribution in [0.25, 0.3) is 0 Å². The zero-order valence-electron chi connectivity index (χ0n) is 13.1. The molecule has 0 heterocycles. The van der Waals surface area contributed by atoms with E-state index in [1.54, 1.807) is 0 Å². The second kappa shape index (κ2) is 9.16. The molecule has 0 spiro atoms. The van der Waals surface area contributed by atoms with Crippen molar-refractivity contribution >= 4 is 11.9 Å². The minimum absolute atomic E-state index is 0.0954. The smallest absolute Gasteiger partial charge is 0.328 e. The van der Waals surface area contributed by atoms with Gasteiger partial charge in [-0.15, -0.1) is 0 Å². The monoisotopic (exact) mass is 291 g/mol. The molecule has 1 aromatic rings. The van der Waals surface area contributed by atoms with Crippen LogP contribution in [0.5, 0.6) is 0 Å². The van der Waals surface area contributed by atoms with Gasteiger partial charge in [-0.05, 0) is 17.9 Å². The Bertz CT molecular complexity index is 443. The van der Waals surface area contributed by atoms with E-state index in [-0.39, 0.29) is 5.91 Å². The molecule has 4 heteroatoms. The molecule has 1 aromatic carbocycles. The summed E-state index contributed by atoms with van der Waals surface area (Å²) in [5.74, 6) is 0.0802. The van der Waals surface area contributed by atoms with E-state index in [0.29, 0.717) is 18.8 Å². The van der Waals surface area contributed by atoms with Crippen molar-refractivity contribution in [1.29, 1.82) is 0 Å². The van der Waals surface area contributed by atoms with Gasteiger partial charge in [-0.25, -0.2) is 4.79 Å². The third-order valence-corrected chi connectivity index (χ3v) is 3.29. The Morgan fingerprint density at radius 1 is 1.19 bits per heavy atom. The van der Waals surface area contributed by atoms with Gasteiger partial charge in [-0.2, -0.15) is 0 Å². The highest BCUT2D eigenvalue weighted by atomic mass is 16.5. The number of carbonyl (C=O) groups excluding carboxylic acids is 2. The van der Waals surface area contributed by atoms with Crippen LogP contribution < -0.4 is 5.32 Å². The predicted molar refractivity (Wildman–Crippen MR) is 82.8 cm³/mol. The number of nitrogens with one attached hydrogen (secondary N) is 1. The molecule has 1 N–H and O–H groups in total. The van der Waals surface area contributed by atoms with Gasteiger partial charge in [0, 0.05) is 12.8 Å². The van der Waals surface area contributed by atoms with Crippen LogP contribution in [0.2, 0.25) is 0 Å². The molecule has 0 aliphatic rings. The fourth-order valence-electron chi connectivity index (χ4n) is 2.12. The molecule has 0 saturated heterocycles. The second-order valence-corrected chi connectivity index (χ2v) is 5.62. The summed E-state index contributed by atoms with van der Waals surface area (Å²) in [7, 11) is 1.34. The Morgan fingerprint density at radius 3 is 2.43 bits per heavy atom. The molecular weight excluding hydrogens is 266 g/mol. The van der Waals surface area contributed by atoms with Gasteiger partial charge < -0.3 is 10.1 Å². The standard InChI is InChI=1S/C17H25NO3/c1-13(2)8-7-11-16(19)18-15(17(20)21-3)12-14-9-5-4-6-10-14/h4-6,9-10,13,15H,7-8,11-12H2,1-3H3,(H,18,19). The van der Waals surface area contributed by atoms with E-state index in [4.69, 9.17) is 4.74 Å². The van der Waals surface area contributed by atoms with Crippen LogP contribution in [-0.4, -0.2) is 25.0 Å². The molecule has 0 fully saturated rings. The van der Waals surface area contributed by atoms with Crippen molar-refractivity contribution in [3.8, 4) is 0 Å². The van der Waals surface area contributed by atoms with Crippen molar-refractivity contribution in [2.24, 2.45) is 5.92 Å². The van der Waals surface area contributed by atoms with Crippen molar-refractivity contribution in [1.82, 2.24) is 5.32 Å². The molecule has 1 rings (SSSR count). The largest absolute Gasteiger partial charge is 0.467 e. The van der Waals surface area contributed by atoms with Crippen LogP contribution in [0, 0.1) is 5.92 Å². The Hall–Kier alpha value is -1.84. The molecule has 1 amide bonds. The van der Waals surface area contributed by atoms with Gasteiger partial charge in [0.05, 0.1) is 7.11 Å². The summed E-state index contributed by atoms with van der Waals surface area (Å²) in [5.41, 5.74) is 0.996. The van der Waals surface area contributed by atoms with E-state index < -0.39 is 12.0 Å². The number of benzene rings is 1. The van der Waals surface area contributed by atoms with Crippen molar-refractivity contribution < 1.29 is 14.3 Å². The van der Waals surface area contributed by atoms with Gasteiger partial charge in [0.1, 0.15) is 6.04 Å². The number of hydrogen-bond donors (Lipinski definition) is 1. The first-order valence-electron chi connectivity index (χ1n) is 7.44. The maximum atomic E-state index is 11.9. The molecule has 116 valence electrons. The fraction of sp³-hybridized carbons (Fsp3) is 0.529. The molecule has 4 nitrogen and oxygen atoms in total. The van der Waals surface area contributed by atoms with Crippen LogP contribution in [-0.2, 0) is 20.7 Å². The summed E-state index contributed by atoms with van der Waals surface area (Å²) in [5, 5.41) is 2.78. The minimum Gasteiger partial charge on any atom is -0.467 e. The number of rotatable bonds is 8. The maximum absolute atomic E-state index is 11.9. The van der Waals surface area contributed by atoms with Gasteiger partial charge in [-0.3, -0.25) is 4.79 Å². The molecular formula is C17H25NO3. The summed E-state index contributed by atoms with van der Waals surface area (Å²) in [6, 6.07) is 8.98. The van der Waals surface area contributed by atoms with Crippen molar-refractivity contribution in [3.05, 3.63) is 35.9 Å². The lowest BCUT2D eigenvalue weighted by Crippen LogP contribution is -2.43. The summed E-state index contributed by atoms with van der Waals surface area (Å²) in [6.07, 6.45) is 2.74. The zero-order chi connectivity index (χ0) is 15.7. The Kier molecular flexibility index (Phi) is 7.51. The number of carbonyl (C=O) groups is 2. The lowest BCUT2D eigenvalue weighted by molar-refractivity contribution is -0.145. The highest BCUT2D eigenvalue weighted by Crippen LogP contribution is 2.08. The van der Waals surface area contributed by atoms with E-state index in [9.17, 15) is 9.59 Å². The van der Waals surface area contributed by atoms with Crippen LogP contribution >= 0.6 is 0 Å². The molecule has 0 aliphatic carbocycles. The topological polar surface area (TPSA) is 55.4 Å². The van der Waals surface area contributed by atoms with Crippen molar-refractivity contribution in [3.63, 3.8) is 0 Å². The molecule has 1 unspecified atom stereocenters. The molecule has 0 radical (unpaired) electrons. The Labute approximate surface area is 126 Å². The highest BCUT2D eigenvalue weighted by molar-refractivity contribution is 5.84. The average Bonchev–Trinajstić information content (AvgIpc) is 2.46. The van der Waals surface area contributed by atoms with Crippen molar-refractivity contribution in [2.75, 3.05) is 7.11 Å². The normalized spacial score (nSPS) is 12.0. The maximum Gasteiger partial charge on any atom is 0.328 e. The third kappa shape index (κ3) is 6.93. The summed E-state index contributed by atoms with van der Waals surface area (Å²) >= 11 is 0. The second-order valence-electron chi connectivity index (χ2n) is 5.62. The van der Waals surface area contributed by atoms with Gasteiger partial charge in [0.25, 0.3) is 0 Å². The average molecular weight is 291 g/mol. The molecule has 1 atom stereocenters. The number of amides is 1. The molecule has 21 heavy (non-hydrogen) atoms. The fourth-order valence-corrected chi connectivity index (χ4v) is 2.12. The molecule has 0 aliphatic heterocycles. The SMILES string of the molecule is COC(=O)C(Cc1ccccc1)NC(=O)CCCC(C)C.